The Morgan fingerprint density at radius 1 is 1.43 bits per heavy atom. The standard InChI is InChI=1S/C9H18O4S/c1-4-5-12-6-7-14(10,11)13-8-9(2)3/h4,9H,1,5-8H2,2-3H3. The van der Waals surface area contributed by atoms with Crippen LogP contribution in [0.5, 0.6) is 0 Å². The third kappa shape index (κ3) is 8.22. The van der Waals surface area contributed by atoms with Crippen molar-refractivity contribution in [2.45, 2.75) is 13.8 Å². The van der Waals surface area contributed by atoms with Gasteiger partial charge in [-0.15, -0.1) is 6.58 Å². The zero-order valence-electron chi connectivity index (χ0n) is 8.73. The molecule has 5 heteroatoms. The molecule has 0 unspecified atom stereocenters. The first-order valence-electron chi connectivity index (χ1n) is 4.53. The zero-order chi connectivity index (χ0) is 11.0. The Hall–Kier alpha value is -0.390. The van der Waals surface area contributed by atoms with E-state index in [-0.39, 0.29) is 24.9 Å². The van der Waals surface area contributed by atoms with Crippen LogP contribution in [-0.2, 0) is 19.0 Å². The molecule has 0 saturated heterocycles. The van der Waals surface area contributed by atoms with E-state index in [0.29, 0.717) is 6.61 Å². The molecular weight excluding hydrogens is 204 g/mol. The minimum atomic E-state index is -3.42. The summed E-state index contributed by atoms with van der Waals surface area (Å²) in [5, 5.41) is 0. The lowest BCUT2D eigenvalue weighted by Gasteiger charge is -2.07. The zero-order valence-corrected chi connectivity index (χ0v) is 9.55. The quantitative estimate of drug-likeness (QED) is 0.352. The van der Waals surface area contributed by atoms with Crippen LogP contribution in [0.15, 0.2) is 12.7 Å². The van der Waals surface area contributed by atoms with Crippen molar-refractivity contribution in [1.82, 2.24) is 0 Å². The van der Waals surface area contributed by atoms with Crippen LogP contribution in [0, 0.1) is 5.92 Å². The largest absolute Gasteiger partial charge is 0.376 e. The molecule has 0 amide bonds. The highest BCUT2D eigenvalue weighted by Crippen LogP contribution is 1.99. The fraction of sp³-hybridized carbons (Fsp3) is 0.778. The second kappa shape index (κ2) is 6.98. The molecule has 0 aliphatic rings. The normalized spacial score (nSPS) is 11.9. The third-order valence-corrected chi connectivity index (χ3v) is 2.46. The van der Waals surface area contributed by atoms with Crippen LogP contribution in [0.3, 0.4) is 0 Å². The molecule has 14 heavy (non-hydrogen) atoms. The lowest BCUT2D eigenvalue weighted by atomic mass is 10.2. The summed E-state index contributed by atoms with van der Waals surface area (Å²) >= 11 is 0. The molecular formula is C9H18O4S. The fourth-order valence-corrected chi connectivity index (χ4v) is 1.55. The van der Waals surface area contributed by atoms with Crippen molar-refractivity contribution < 1.29 is 17.3 Å². The Bertz CT molecular complexity index is 244. The molecule has 0 radical (unpaired) electrons. The summed E-state index contributed by atoms with van der Waals surface area (Å²) in [4.78, 5) is 0. The van der Waals surface area contributed by atoms with Crippen molar-refractivity contribution in [3.63, 3.8) is 0 Å². The Balaban J connectivity index is 3.67. The first-order valence-corrected chi connectivity index (χ1v) is 6.11. The van der Waals surface area contributed by atoms with Gasteiger partial charge in [0.2, 0.25) is 0 Å². The van der Waals surface area contributed by atoms with Crippen molar-refractivity contribution >= 4 is 10.1 Å². The van der Waals surface area contributed by atoms with Crippen molar-refractivity contribution in [2.24, 2.45) is 5.92 Å². The SMILES string of the molecule is C=CCOCCS(=O)(=O)OCC(C)C. The molecule has 0 spiro atoms. The van der Waals surface area contributed by atoms with Gasteiger partial charge in [0.05, 0.1) is 25.6 Å². The van der Waals surface area contributed by atoms with Crippen LogP contribution in [0.4, 0.5) is 0 Å². The maximum Gasteiger partial charge on any atom is 0.269 e. The highest BCUT2D eigenvalue weighted by molar-refractivity contribution is 7.86. The van der Waals surface area contributed by atoms with E-state index in [2.05, 4.69) is 6.58 Å². The smallest absolute Gasteiger partial charge is 0.269 e. The minimum absolute atomic E-state index is 0.104. The van der Waals surface area contributed by atoms with Gasteiger partial charge in [-0.25, -0.2) is 0 Å². The molecule has 0 aromatic rings. The van der Waals surface area contributed by atoms with Gasteiger partial charge in [0.1, 0.15) is 0 Å². The van der Waals surface area contributed by atoms with Crippen LogP contribution in [0.1, 0.15) is 13.8 Å². The predicted molar refractivity (Wildman–Crippen MR) is 55.6 cm³/mol. The molecule has 0 aromatic carbocycles. The molecule has 0 atom stereocenters. The summed E-state index contributed by atoms with van der Waals surface area (Å²) in [5.74, 6) is 0.104. The summed E-state index contributed by atoms with van der Waals surface area (Å²) in [5.41, 5.74) is 0. The Labute approximate surface area is 86.0 Å². The molecule has 0 aliphatic carbocycles. The van der Waals surface area contributed by atoms with E-state index in [4.69, 9.17) is 8.92 Å². The average molecular weight is 222 g/mol. The van der Waals surface area contributed by atoms with Crippen LogP contribution < -0.4 is 0 Å². The van der Waals surface area contributed by atoms with E-state index in [1.807, 2.05) is 13.8 Å². The van der Waals surface area contributed by atoms with Crippen LogP contribution in [0.2, 0.25) is 0 Å². The summed E-state index contributed by atoms with van der Waals surface area (Å²) in [6.45, 7) is 7.97. The molecule has 0 saturated carbocycles. The lowest BCUT2D eigenvalue weighted by molar-refractivity contribution is 0.175. The number of rotatable bonds is 8. The van der Waals surface area contributed by atoms with Gasteiger partial charge in [-0.1, -0.05) is 19.9 Å². The fourth-order valence-electron chi connectivity index (χ4n) is 0.626. The molecule has 84 valence electrons. The predicted octanol–water partition coefficient (Wildman–Crippen LogP) is 1.19. The van der Waals surface area contributed by atoms with Gasteiger partial charge >= 0.3 is 0 Å². The van der Waals surface area contributed by atoms with E-state index in [1.165, 1.54) is 0 Å². The number of ether oxygens (including phenoxy) is 1. The highest BCUT2D eigenvalue weighted by Gasteiger charge is 2.11. The van der Waals surface area contributed by atoms with Crippen molar-refractivity contribution in [2.75, 3.05) is 25.6 Å². The topological polar surface area (TPSA) is 52.6 Å². The van der Waals surface area contributed by atoms with Gasteiger partial charge in [-0.3, -0.25) is 4.18 Å². The molecule has 0 N–H and O–H groups in total. The second-order valence-electron chi connectivity index (χ2n) is 3.30. The molecule has 4 nitrogen and oxygen atoms in total. The number of hydrogen-bond donors (Lipinski definition) is 0. The lowest BCUT2D eigenvalue weighted by Crippen LogP contribution is -2.17. The molecule has 0 aliphatic heterocycles. The van der Waals surface area contributed by atoms with Crippen LogP contribution in [-0.4, -0.2) is 34.0 Å². The van der Waals surface area contributed by atoms with E-state index in [1.54, 1.807) is 6.08 Å². The van der Waals surface area contributed by atoms with Crippen LogP contribution in [0.25, 0.3) is 0 Å². The summed E-state index contributed by atoms with van der Waals surface area (Å²) in [6.07, 6.45) is 1.57. The third-order valence-electron chi connectivity index (χ3n) is 1.29. The van der Waals surface area contributed by atoms with Crippen molar-refractivity contribution in [3.05, 3.63) is 12.7 Å². The van der Waals surface area contributed by atoms with Crippen molar-refractivity contribution in [3.8, 4) is 0 Å². The molecule has 0 heterocycles. The van der Waals surface area contributed by atoms with E-state index in [9.17, 15) is 8.42 Å². The van der Waals surface area contributed by atoms with E-state index >= 15 is 0 Å². The minimum Gasteiger partial charge on any atom is -0.376 e. The average Bonchev–Trinajstić information content (AvgIpc) is 2.10. The molecule has 0 rings (SSSR count). The Kier molecular flexibility index (Phi) is 6.78. The number of hydrogen-bond acceptors (Lipinski definition) is 4. The van der Waals surface area contributed by atoms with Gasteiger partial charge in [-0.05, 0) is 5.92 Å². The van der Waals surface area contributed by atoms with Gasteiger partial charge < -0.3 is 4.74 Å². The van der Waals surface area contributed by atoms with Gasteiger partial charge in [0.25, 0.3) is 10.1 Å². The van der Waals surface area contributed by atoms with Crippen molar-refractivity contribution in [1.29, 1.82) is 0 Å². The van der Waals surface area contributed by atoms with E-state index in [0.717, 1.165) is 0 Å². The maximum absolute atomic E-state index is 11.2. The first-order chi connectivity index (χ1) is 6.48. The summed E-state index contributed by atoms with van der Waals surface area (Å²) in [6, 6.07) is 0. The first kappa shape index (κ1) is 13.6. The Morgan fingerprint density at radius 2 is 2.07 bits per heavy atom. The van der Waals surface area contributed by atoms with Gasteiger partial charge in [0.15, 0.2) is 0 Å². The molecule has 0 bridgehead atoms. The Morgan fingerprint density at radius 3 is 2.57 bits per heavy atom. The molecule has 0 fully saturated rings. The molecule has 0 aromatic heterocycles. The summed E-state index contributed by atoms with van der Waals surface area (Å²) < 4.78 is 32.0. The summed E-state index contributed by atoms with van der Waals surface area (Å²) in [7, 11) is -3.42. The highest BCUT2D eigenvalue weighted by atomic mass is 32.2. The maximum atomic E-state index is 11.2. The monoisotopic (exact) mass is 222 g/mol. The second-order valence-corrected chi connectivity index (χ2v) is 5.06. The van der Waals surface area contributed by atoms with Crippen LogP contribution >= 0.6 is 0 Å². The van der Waals surface area contributed by atoms with Gasteiger partial charge in [-0.2, -0.15) is 8.42 Å². The van der Waals surface area contributed by atoms with Gasteiger partial charge in [0, 0.05) is 0 Å². The van der Waals surface area contributed by atoms with E-state index < -0.39 is 10.1 Å².